The van der Waals surface area contributed by atoms with Gasteiger partial charge in [-0.2, -0.15) is 0 Å². The topological polar surface area (TPSA) is 0 Å². The van der Waals surface area contributed by atoms with Gasteiger partial charge in [0.2, 0.25) is 0 Å². The second-order valence-electron chi connectivity index (χ2n) is 11.9. The molecule has 0 radical (unpaired) electrons. The Labute approximate surface area is 258 Å². The van der Waals surface area contributed by atoms with Crippen LogP contribution in [0.5, 0.6) is 0 Å². The van der Waals surface area contributed by atoms with Crippen molar-refractivity contribution in [1.29, 1.82) is 0 Å². The van der Waals surface area contributed by atoms with Crippen LogP contribution in [0.2, 0.25) is 0 Å². The van der Waals surface area contributed by atoms with Gasteiger partial charge in [0.05, 0.1) is 0 Å². The highest BCUT2D eigenvalue weighted by Gasteiger charge is 2.31. The molecule has 6 rings (SSSR count). The van der Waals surface area contributed by atoms with Crippen LogP contribution in [0.25, 0.3) is 0 Å². The fourth-order valence-corrected chi connectivity index (χ4v) is 9.24. The predicted molar refractivity (Wildman–Crippen MR) is 187 cm³/mol. The smallest absolute Gasteiger partial charge is 0.0342 e. The number of hydrogen-bond acceptors (Lipinski definition) is 0. The van der Waals surface area contributed by atoms with Gasteiger partial charge >= 0.3 is 0 Å². The van der Waals surface area contributed by atoms with Crippen LogP contribution in [0, 0.1) is 13.8 Å². The van der Waals surface area contributed by atoms with E-state index < -0.39 is 7.92 Å². The van der Waals surface area contributed by atoms with Crippen LogP contribution in [-0.2, 0) is 5.41 Å². The Morgan fingerprint density at radius 3 is 1.35 bits per heavy atom. The molecule has 0 unspecified atom stereocenters. The van der Waals surface area contributed by atoms with Crippen molar-refractivity contribution in [2.45, 2.75) is 39.0 Å². The average molecular weight is 575 g/mol. The average Bonchev–Trinajstić information content (AvgIpc) is 3.05. The van der Waals surface area contributed by atoms with Crippen molar-refractivity contribution >= 4 is 23.8 Å². The lowest BCUT2D eigenvalue weighted by Crippen LogP contribution is -2.28. The lowest BCUT2D eigenvalue weighted by Gasteiger charge is -2.33. The highest BCUT2D eigenvalue weighted by atomic mass is 31.1. The molecule has 1 heteroatoms. The quantitative estimate of drug-likeness (QED) is 0.125. The Morgan fingerprint density at radius 2 is 0.860 bits per heavy atom. The largest absolute Gasteiger partial charge is 0.0622 e. The first-order chi connectivity index (χ1) is 21.0. The lowest BCUT2D eigenvalue weighted by atomic mass is 9.72. The number of benzene rings is 6. The maximum atomic E-state index is 2.40. The molecule has 0 bridgehead atoms. The molecular formula is C42H39P. The molecule has 0 atom stereocenters. The van der Waals surface area contributed by atoms with Crippen LogP contribution < -0.4 is 15.9 Å². The Bertz CT molecular complexity index is 1580. The van der Waals surface area contributed by atoms with Gasteiger partial charge in [0.25, 0.3) is 0 Å². The highest BCUT2D eigenvalue weighted by Crippen LogP contribution is 2.42. The molecule has 0 saturated carbocycles. The van der Waals surface area contributed by atoms with E-state index in [1.165, 1.54) is 54.9 Å². The monoisotopic (exact) mass is 574 g/mol. The molecule has 0 aromatic heterocycles. The van der Waals surface area contributed by atoms with Crippen molar-refractivity contribution in [2.75, 3.05) is 0 Å². The van der Waals surface area contributed by atoms with Crippen LogP contribution in [-0.4, -0.2) is 0 Å². The van der Waals surface area contributed by atoms with E-state index in [4.69, 9.17) is 0 Å². The van der Waals surface area contributed by atoms with Crippen molar-refractivity contribution < 1.29 is 0 Å². The third-order valence-electron chi connectivity index (χ3n) is 8.87. The zero-order valence-electron chi connectivity index (χ0n) is 25.5. The summed E-state index contributed by atoms with van der Waals surface area (Å²) in [7, 11) is -0.684. The van der Waals surface area contributed by atoms with Gasteiger partial charge in [-0.1, -0.05) is 172 Å². The Kier molecular flexibility index (Phi) is 8.42. The van der Waals surface area contributed by atoms with E-state index in [1.54, 1.807) is 0 Å². The first-order valence-electron chi connectivity index (χ1n) is 15.2. The summed E-state index contributed by atoms with van der Waals surface area (Å²) in [4.78, 5) is 0. The van der Waals surface area contributed by atoms with Gasteiger partial charge in [-0.15, -0.1) is 0 Å². The summed E-state index contributed by atoms with van der Waals surface area (Å²) in [6, 6.07) is 57.8. The molecule has 0 fully saturated rings. The Morgan fingerprint density at radius 1 is 0.442 bits per heavy atom. The first-order valence-corrected chi connectivity index (χ1v) is 16.5. The Hall–Kier alpha value is -4.25. The normalized spacial score (nSPS) is 11.7. The number of rotatable bonds is 8. The molecule has 6 aromatic rings. The predicted octanol–water partition coefficient (Wildman–Crippen LogP) is 9.57. The third kappa shape index (κ3) is 5.73. The van der Waals surface area contributed by atoms with Gasteiger partial charge in [0, 0.05) is 11.3 Å². The summed E-state index contributed by atoms with van der Waals surface area (Å²) in [5.74, 6) is 0.176. The van der Waals surface area contributed by atoms with Gasteiger partial charge in [-0.05, 0) is 76.6 Å². The maximum Gasteiger partial charge on any atom is 0.0342 e. The molecule has 0 saturated heterocycles. The van der Waals surface area contributed by atoms with E-state index in [2.05, 4.69) is 185 Å². The fraction of sp³-hybridized carbons (Fsp3) is 0.143. The van der Waals surface area contributed by atoms with Gasteiger partial charge in [0.1, 0.15) is 0 Å². The van der Waals surface area contributed by atoms with Crippen molar-refractivity contribution in [3.05, 3.63) is 197 Å². The summed E-state index contributed by atoms with van der Waals surface area (Å²) < 4.78 is 0. The van der Waals surface area contributed by atoms with Crippen LogP contribution >= 0.6 is 7.92 Å². The molecule has 0 amide bonds. The van der Waals surface area contributed by atoms with Gasteiger partial charge in [-0.25, -0.2) is 0 Å². The fourth-order valence-electron chi connectivity index (χ4n) is 6.76. The zero-order chi connectivity index (χ0) is 29.8. The summed E-state index contributed by atoms with van der Waals surface area (Å²) in [5, 5.41) is 4.19. The SMILES string of the molecule is Cc1c(C(c2ccccc2)c2ccccc2)cccc1C(C)(C)c1cccc(P(c2ccccc2)c2ccccc2)c1C. The van der Waals surface area contributed by atoms with Crippen molar-refractivity contribution in [3.63, 3.8) is 0 Å². The summed E-state index contributed by atoms with van der Waals surface area (Å²) in [6.07, 6.45) is 0. The van der Waals surface area contributed by atoms with Gasteiger partial charge in [-0.3, -0.25) is 0 Å². The van der Waals surface area contributed by atoms with Crippen molar-refractivity contribution in [2.24, 2.45) is 0 Å². The lowest BCUT2D eigenvalue weighted by molar-refractivity contribution is 0.630. The van der Waals surface area contributed by atoms with Crippen molar-refractivity contribution in [1.82, 2.24) is 0 Å². The molecule has 212 valence electrons. The molecule has 0 aliphatic rings. The third-order valence-corrected chi connectivity index (χ3v) is 11.5. The van der Waals surface area contributed by atoms with E-state index in [-0.39, 0.29) is 11.3 Å². The Balaban J connectivity index is 1.49. The highest BCUT2D eigenvalue weighted by molar-refractivity contribution is 7.79. The van der Waals surface area contributed by atoms with Crippen LogP contribution in [0.15, 0.2) is 158 Å². The van der Waals surface area contributed by atoms with Crippen LogP contribution in [0.1, 0.15) is 58.7 Å². The molecule has 6 aromatic carbocycles. The molecular weight excluding hydrogens is 535 g/mol. The zero-order valence-corrected chi connectivity index (χ0v) is 26.4. The maximum absolute atomic E-state index is 2.40. The minimum Gasteiger partial charge on any atom is -0.0622 e. The molecule has 0 aliphatic carbocycles. The molecule has 0 nitrogen and oxygen atoms in total. The second-order valence-corrected chi connectivity index (χ2v) is 14.0. The summed E-state index contributed by atoms with van der Waals surface area (Å²) in [5.41, 5.74) is 9.34. The summed E-state index contributed by atoms with van der Waals surface area (Å²) in [6.45, 7) is 9.46. The molecule has 0 N–H and O–H groups in total. The molecule has 0 spiro atoms. The standard InChI is InChI=1S/C42H39P/c1-31-37(41(33-19-9-5-10-20-33)34-21-11-6-12-22-34)27-17-28-38(31)42(3,4)39-29-18-30-40(32(39)2)43(35-23-13-7-14-24-35)36-25-15-8-16-26-36/h5-30,41H,1-4H3. The first kappa shape index (κ1) is 28.9. The second kappa shape index (κ2) is 12.5. The van der Waals surface area contributed by atoms with E-state index in [0.29, 0.717) is 0 Å². The minimum absolute atomic E-state index is 0.176. The van der Waals surface area contributed by atoms with Crippen LogP contribution in [0.3, 0.4) is 0 Å². The van der Waals surface area contributed by atoms with Crippen LogP contribution in [0.4, 0.5) is 0 Å². The molecule has 0 aliphatic heterocycles. The number of hydrogen-bond donors (Lipinski definition) is 0. The van der Waals surface area contributed by atoms with Crippen molar-refractivity contribution in [3.8, 4) is 0 Å². The summed E-state index contributed by atoms with van der Waals surface area (Å²) >= 11 is 0. The molecule has 43 heavy (non-hydrogen) atoms. The minimum atomic E-state index is -0.684. The van der Waals surface area contributed by atoms with Gasteiger partial charge < -0.3 is 0 Å². The molecule has 0 heterocycles. The van der Waals surface area contributed by atoms with E-state index >= 15 is 0 Å². The van der Waals surface area contributed by atoms with E-state index in [1.807, 2.05) is 0 Å². The van der Waals surface area contributed by atoms with E-state index in [9.17, 15) is 0 Å². The van der Waals surface area contributed by atoms with Gasteiger partial charge in [0.15, 0.2) is 0 Å². The van der Waals surface area contributed by atoms with E-state index in [0.717, 1.165) is 0 Å².